The van der Waals surface area contributed by atoms with Crippen molar-refractivity contribution in [3.63, 3.8) is 0 Å². The molecule has 3 aromatic rings. The second-order valence-corrected chi connectivity index (χ2v) is 5.66. The highest BCUT2D eigenvalue weighted by Crippen LogP contribution is 2.29. The van der Waals surface area contributed by atoms with Gasteiger partial charge in [-0.05, 0) is 11.6 Å². The van der Waals surface area contributed by atoms with Crippen LogP contribution in [0.25, 0.3) is 21.8 Å². The number of halogens is 1. The van der Waals surface area contributed by atoms with Crippen molar-refractivity contribution in [3.8, 4) is 21.8 Å². The van der Waals surface area contributed by atoms with Gasteiger partial charge in [-0.3, -0.25) is 0 Å². The van der Waals surface area contributed by atoms with E-state index in [1.807, 2.05) is 18.2 Å². The fourth-order valence-electron chi connectivity index (χ4n) is 1.94. The SMILES string of the molecule is BrCc1cccc(-c2nc(-c3ccccc3)cs2)c1. The summed E-state index contributed by atoms with van der Waals surface area (Å²) in [5.74, 6) is 0. The molecule has 3 rings (SSSR count). The predicted molar refractivity (Wildman–Crippen MR) is 85.6 cm³/mol. The number of hydrogen-bond acceptors (Lipinski definition) is 2. The molecule has 0 spiro atoms. The van der Waals surface area contributed by atoms with Gasteiger partial charge in [0.05, 0.1) is 5.69 Å². The third-order valence-electron chi connectivity index (χ3n) is 2.90. The van der Waals surface area contributed by atoms with Gasteiger partial charge in [0.2, 0.25) is 0 Å². The minimum Gasteiger partial charge on any atom is -0.236 e. The summed E-state index contributed by atoms with van der Waals surface area (Å²) in [6, 6.07) is 18.8. The minimum absolute atomic E-state index is 0.873. The molecule has 0 radical (unpaired) electrons. The largest absolute Gasteiger partial charge is 0.236 e. The summed E-state index contributed by atoms with van der Waals surface area (Å²) < 4.78 is 0. The van der Waals surface area contributed by atoms with E-state index < -0.39 is 0 Å². The van der Waals surface area contributed by atoms with Gasteiger partial charge in [-0.15, -0.1) is 11.3 Å². The topological polar surface area (TPSA) is 12.9 Å². The first-order chi connectivity index (χ1) is 9.36. The number of nitrogens with zero attached hydrogens (tertiary/aromatic N) is 1. The molecule has 0 amide bonds. The molecule has 19 heavy (non-hydrogen) atoms. The van der Waals surface area contributed by atoms with Gasteiger partial charge >= 0.3 is 0 Å². The van der Waals surface area contributed by atoms with Gasteiger partial charge in [0.15, 0.2) is 0 Å². The van der Waals surface area contributed by atoms with Crippen molar-refractivity contribution in [3.05, 3.63) is 65.5 Å². The van der Waals surface area contributed by atoms with Gasteiger partial charge in [0, 0.05) is 21.8 Å². The van der Waals surface area contributed by atoms with Gasteiger partial charge < -0.3 is 0 Å². The number of thiazole rings is 1. The lowest BCUT2D eigenvalue weighted by Crippen LogP contribution is -1.81. The molecule has 0 saturated heterocycles. The Morgan fingerprint density at radius 2 is 1.74 bits per heavy atom. The van der Waals surface area contributed by atoms with Gasteiger partial charge in [-0.2, -0.15) is 0 Å². The van der Waals surface area contributed by atoms with E-state index >= 15 is 0 Å². The molecule has 0 aliphatic carbocycles. The first-order valence-corrected chi connectivity index (χ1v) is 8.03. The summed E-state index contributed by atoms with van der Waals surface area (Å²) in [6.45, 7) is 0. The van der Waals surface area contributed by atoms with Crippen LogP contribution in [0.15, 0.2) is 60.0 Å². The first kappa shape index (κ1) is 12.6. The smallest absolute Gasteiger partial charge is 0.124 e. The molecule has 0 N–H and O–H groups in total. The minimum atomic E-state index is 0.873. The van der Waals surface area contributed by atoms with E-state index in [9.17, 15) is 0 Å². The number of alkyl halides is 1. The van der Waals surface area contributed by atoms with E-state index in [0.29, 0.717) is 0 Å². The molecule has 1 nitrogen and oxygen atoms in total. The van der Waals surface area contributed by atoms with Crippen molar-refractivity contribution >= 4 is 27.3 Å². The van der Waals surface area contributed by atoms with Crippen LogP contribution in [0, 0.1) is 0 Å². The van der Waals surface area contributed by atoms with E-state index in [2.05, 4.69) is 57.7 Å². The fraction of sp³-hybridized carbons (Fsp3) is 0.0625. The van der Waals surface area contributed by atoms with Crippen molar-refractivity contribution in [2.45, 2.75) is 5.33 Å². The van der Waals surface area contributed by atoms with Crippen LogP contribution in [-0.2, 0) is 5.33 Å². The van der Waals surface area contributed by atoms with Crippen molar-refractivity contribution in [1.82, 2.24) is 4.98 Å². The molecule has 0 unspecified atom stereocenters. The first-order valence-electron chi connectivity index (χ1n) is 6.03. The average molecular weight is 330 g/mol. The lowest BCUT2D eigenvalue weighted by molar-refractivity contribution is 1.38. The lowest BCUT2D eigenvalue weighted by atomic mass is 10.1. The molecule has 0 saturated carbocycles. The standard InChI is InChI=1S/C16H12BrNS/c17-10-12-5-4-8-14(9-12)16-18-15(11-19-16)13-6-2-1-3-7-13/h1-9,11H,10H2. The molecule has 3 heteroatoms. The zero-order valence-electron chi connectivity index (χ0n) is 10.2. The Morgan fingerprint density at radius 1 is 0.947 bits per heavy atom. The maximum Gasteiger partial charge on any atom is 0.124 e. The van der Waals surface area contributed by atoms with Crippen LogP contribution in [0.1, 0.15) is 5.56 Å². The van der Waals surface area contributed by atoms with Crippen LogP contribution in [0.3, 0.4) is 0 Å². The molecule has 0 aliphatic heterocycles. The Morgan fingerprint density at radius 3 is 2.53 bits per heavy atom. The van der Waals surface area contributed by atoms with Crippen molar-refractivity contribution in [2.75, 3.05) is 0 Å². The maximum absolute atomic E-state index is 4.73. The quantitative estimate of drug-likeness (QED) is 0.588. The van der Waals surface area contributed by atoms with E-state index in [0.717, 1.165) is 16.0 Å². The molecule has 1 heterocycles. The third-order valence-corrected chi connectivity index (χ3v) is 4.44. The Labute approximate surface area is 125 Å². The second-order valence-electron chi connectivity index (χ2n) is 4.24. The summed E-state index contributed by atoms with van der Waals surface area (Å²) in [7, 11) is 0. The molecular formula is C16H12BrNS. The summed E-state index contributed by atoms with van der Waals surface area (Å²) in [4.78, 5) is 4.73. The molecule has 1 aromatic heterocycles. The van der Waals surface area contributed by atoms with Crippen molar-refractivity contribution < 1.29 is 0 Å². The Hall–Kier alpha value is -1.45. The Bertz CT molecular complexity index is 676. The van der Waals surface area contributed by atoms with Crippen LogP contribution in [0.4, 0.5) is 0 Å². The monoisotopic (exact) mass is 329 g/mol. The van der Waals surface area contributed by atoms with Crippen LogP contribution < -0.4 is 0 Å². The normalized spacial score (nSPS) is 10.6. The predicted octanol–water partition coefficient (Wildman–Crippen LogP) is 5.37. The van der Waals surface area contributed by atoms with Crippen molar-refractivity contribution in [2.24, 2.45) is 0 Å². The molecule has 0 atom stereocenters. The highest BCUT2D eigenvalue weighted by Gasteiger charge is 2.06. The van der Waals surface area contributed by atoms with E-state index in [-0.39, 0.29) is 0 Å². The van der Waals surface area contributed by atoms with Crippen molar-refractivity contribution in [1.29, 1.82) is 0 Å². The summed E-state index contributed by atoms with van der Waals surface area (Å²) in [5, 5.41) is 4.06. The Kier molecular flexibility index (Phi) is 3.76. The average Bonchev–Trinajstić information content (AvgIpc) is 2.98. The van der Waals surface area contributed by atoms with E-state index in [1.165, 1.54) is 16.7 Å². The molecule has 94 valence electrons. The molecule has 0 bridgehead atoms. The number of benzene rings is 2. The summed E-state index contributed by atoms with van der Waals surface area (Å²) in [6.07, 6.45) is 0. The molecule has 0 aliphatic rings. The van der Waals surface area contributed by atoms with Crippen LogP contribution >= 0.6 is 27.3 Å². The molecular weight excluding hydrogens is 318 g/mol. The highest BCUT2D eigenvalue weighted by molar-refractivity contribution is 9.08. The van der Waals surface area contributed by atoms with Gasteiger partial charge in [-0.1, -0.05) is 64.5 Å². The fourth-order valence-corrected chi connectivity index (χ4v) is 3.11. The maximum atomic E-state index is 4.73. The zero-order chi connectivity index (χ0) is 13.1. The lowest BCUT2D eigenvalue weighted by Gasteiger charge is -1.99. The van der Waals surface area contributed by atoms with Gasteiger partial charge in [0.25, 0.3) is 0 Å². The highest BCUT2D eigenvalue weighted by atomic mass is 79.9. The molecule has 0 fully saturated rings. The summed E-state index contributed by atoms with van der Waals surface area (Å²) in [5.41, 5.74) is 4.67. The van der Waals surface area contributed by atoms with Crippen LogP contribution in [0.2, 0.25) is 0 Å². The number of rotatable bonds is 3. The molecule has 2 aromatic carbocycles. The summed E-state index contributed by atoms with van der Waals surface area (Å²) >= 11 is 5.18. The second kappa shape index (κ2) is 5.68. The van der Waals surface area contributed by atoms with E-state index in [4.69, 9.17) is 4.98 Å². The zero-order valence-corrected chi connectivity index (χ0v) is 12.6. The Balaban J connectivity index is 1.97. The van der Waals surface area contributed by atoms with Gasteiger partial charge in [-0.25, -0.2) is 4.98 Å². The van der Waals surface area contributed by atoms with Crippen LogP contribution in [0.5, 0.6) is 0 Å². The third kappa shape index (κ3) is 2.77. The van der Waals surface area contributed by atoms with Crippen LogP contribution in [-0.4, -0.2) is 4.98 Å². The number of hydrogen-bond donors (Lipinski definition) is 0. The number of aromatic nitrogens is 1. The van der Waals surface area contributed by atoms with E-state index in [1.54, 1.807) is 11.3 Å². The van der Waals surface area contributed by atoms with Gasteiger partial charge in [0.1, 0.15) is 5.01 Å².